The molecule has 1 N–H and O–H groups in total. The molecule has 2 fully saturated rings. The zero-order chi connectivity index (χ0) is 11.4. The number of nitrogens with zero attached hydrogens (tertiary/aromatic N) is 1. The molecule has 0 aromatic rings. The van der Waals surface area contributed by atoms with Gasteiger partial charge in [-0.1, -0.05) is 33.1 Å². The molecule has 1 aliphatic heterocycles. The van der Waals surface area contributed by atoms with Gasteiger partial charge in [0, 0.05) is 12.6 Å². The summed E-state index contributed by atoms with van der Waals surface area (Å²) in [5, 5.41) is 3.68. The Bertz CT molecular complexity index is 199. The average molecular weight is 224 g/mol. The molecule has 1 saturated heterocycles. The fourth-order valence-corrected chi connectivity index (χ4v) is 2.82. The molecule has 2 aliphatic rings. The van der Waals surface area contributed by atoms with Crippen molar-refractivity contribution in [1.29, 1.82) is 0 Å². The fraction of sp³-hybridized carbons (Fsp3) is 1.00. The van der Waals surface area contributed by atoms with Crippen molar-refractivity contribution in [3.63, 3.8) is 0 Å². The Morgan fingerprint density at radius 1 is 1.25 bits per heavy atom. The molecule has 2 heteroatoms. The molecular weight excluding hydrogens is 196 g/mol. The van der Waals surface area contributed by atoms with Crippen molar-refractivity contribution in [3.8, 4) is 0 Å². The van der Waals surface area contributed by atoms with Gasteiger partial charge in [-0.15, -0.1) is 0 Å². The van der Waals surface area contributed by atoms with Crippen LogP contribution >= 0.6 is 0 Å². The van der Waals surface area contributed by atoms with E-state index in [1.54, 1.807) is 0 Å². The molecule has 1 saturated carbocycles. The van der Waals surface area contributed by atoms with Crippen LogP contribution in [0.15, 0.2) is 0 Å². The second-order valence-corrected chi connectivity index (χ2v) is 6.04. The minimum Gasteiger partial charge on any atom is -0.312 e. The van der Waals surface area contributed by atoms with Crippen LogP contribution in [0.2, 0.25) is 0 Å². The van der Waals surface area contributed by atoms with Gasteiger partial charge < -0.3 is 10.2 Å². The van der Waals surface area contributed by atoms with E-state index in [9.17, 15) is 0 Å². The van der Waals surface area contributed by atoms with Gasteiger partial charge in [-0.2, -0.15) is 0 Å². The lowest BCUT2D eigenvalue weighted by Crippen LogP contribution is -2.41. The largest absolute Gasteiger partial charge is 0.312 e. The maximum absolute atomic E-state index is 3.68. The Kier molecular flexibility index (Phi) is 4.66. The van der Waals surface area contributed by atoms with Crippen molar-refractivity contribution in [2.75, 3.05) is 26.2 Å². The van der Waals surface area contributed by atoms with Gasteiger partial charge in [0.25, 0.3) is 0 Å². The highest BCUT2D eigenvalue weighted by Gasteiger charge is 2.22. The van der Waals surface area contributed by atoms with Crippen molar-refractivity contribution < 1.29 is 0 Å². The first-order valence-electron chi connectivity index (χ1n) is 7.21. The van der Waals surface area contributed by atoms with E-state index in [-0.39, 0.29) is 0 Å². The van der Waals surface area contributed by atoms with Crippen molar-refractivity contribution in [1.82, 2.24) is 10.2 Å². The predicted molar refractivity (Wildman–Crippen MR) is 69.6 cm³/mol. The van der Waals surface area contributed by atoms with Gasteiger partial charge in [-0.3, -0.25) is 0 Å². The third-order valence-corrected chi connectivity index (χ3v) is 4.40. The number of rotatable bonds is 4. The Hall–Kier alpha value is -0.0800. The van der Waals surface area contributed by atoms with Gasteiger partial charge in [0.1, 0.15) is 0 Å². The SMILES string of the molecule is CC(C)C1CN(CCC2CCC2)CCCN1. The molecular formula is C14H28N2. The Balaban J connectivity index is 1.73. The van der Waals surface area contributed by atoms with Crippen LogP contribution in [0.3, 0.4) is 0 Å². The normalized spacial score (nSPS) is 29.1. The zero-order valence-corrected chi connectivity index (χ0v) is 11.0. The highest BCUT2D eigenvalue weighted by atomic mass is 15.2. The predicted octanol–water partition coefficient (Wildman–Crippen LogP) is 2.50. The fourth-order valence-electron chi connectivity index (χ4n) is 2.82. The van der Waals surface area contributed by atoms with Crippen LogP contribution in [0, 0.1) is 11.8 Å². The van der Waals surface area contributed by atoms with Gasteiger partial charge in [0.2, 0.25) is 0 Å². The molecule has 0 amide bonds. The van der Waals surface area contributed by atoms with Crippen molar-refractivity contribution >= 4 is 0 Å². The van der Waals surface area contributed by atoms with E-state index in [4.69, 9.17) is 0 Å². The lowest BCUT2D eigenvalue weighted by Gasteiger charge is -2.30. The molecule has 0 aromatic carbocycles. The Labute approximate surface area is 101 Å². The second kappa shape index (κ2) is 6.02. The van der Waals surface area contributed by atoms with Crippen LogP contribution < -0.4 is 5.32 Å². The van der Waals surface area contributed by atoms with Crippen LogP contribution in [0.1, 0.15) is 46.0 Å². The van der Waals surface area contributed by atoms with Gasteiger partial charge in [-0.25, -0.2) is 0 Å². The molecule has 0 radical (unpaired) electrons. The summed E-state index contributed by atoms with van der Waals surface area (Å²) in [7, 11) is 0. The first kappa shape index (κ1) is 12.4. The van der Waals surface area contributed by atoms with Gasteiger partial charge in [0.05, 0.1) is 0 Å². The molecule has 0 aromatic heterocycles. The van der Waals surface area contributed by atoms with Crippen molar-refractivity contribution in [3.05, 3.63) is 0 Å². The number of hydrogen-bond donors (Lipinski definition) is 1. The Morgan fingerprint density at radius 3 is 2.69 bits per heavy atom. The van der Waals surface area contributed by atoms with E-state index in [1.807, 2.05) is 0 Å². The zero-order valence-electron chi connectivity index (χ0n) is 11.0. The molecule has 2 nitrogen and oxygen atoms in total. The highest BCUT2D eigenvalue weighted by molar-refractivity contribution is 4.80. The molecule has 0 bridgehead atoms. The summed E-state index contributed by atoms with van der Waals surface area (Å²) in [6.45, 7) is 9.81. The van der Waals surface area contributed by atoms with Crippen LogP contribution in [0.5, 0.6) is 0 Å². The lowest BCUT2D eigenvalue weighted by molar-refractivity contribution is 0.201. The smallest absolute Gasteiger partial charge is 0.0217 e. The van der Waals surface area contributed by atoms with Crippen LogP contribution in [0.4, 0.5) is 0 Å². The van der Waals surface area contributed by atoms with Gasteiger partial charge in [-0.05, 0) is 44.3 Å². The topological polar surface area (TPSA) is 15.3 Å². The summed E-state index contributed by atoms with van der Waals surface area (Å²) in [6.07, 6.45) is 7.26. The van der Waals surface area contributed by atoms with E-state index in [0.717, 1.165) is 11.8 Å². The maximum Gasteiger partial charge on any atom is 0.0217 e. The van der Waals surface area contributed by atoms with Crippen molar-refractivity contribution in [2.24, 2.45) is 11.8 Å². The summed E-state index contributed by atoms with van der Waals surface area (Å²) >= 11 is 0. The molecule has 94 valence electrons. The number of hydrogen-bond acceptors (Lipinski definition) is 2. The summed E-state index contributed by atoms with van der Waals surface area (Å²) < 4.78 is 0. The van der Waals surface area contributed by atoms with Gasteiger partial charge >= 0.3 is 0 Å². The first-order chi connectivity index (χ1) is 7.75. The Morgan fingerprint density at radius 2 is 2.06 bits per heavy atom. The minimum atomic E-state index is 0.712. The molecule has 1 unspecified atom stereocenters. The monoisotopic (exact) mass is 224 g/mol. The summed E-state index contributed by atoms with van der Waals surface area (Å²) in [5.74, 6) is 1.83. The molecule has 1 heterocycles. The molecule has 0 spiro atoms. The highest BCUT2D eigenvalue weighted by Crippen LogP contribution is 2.29. The third-order valence-electron chi connectivity index (χ3n) is 4.40. The second-order valence-electron chi connectivity index (χ2n) is 6.04. The van der Waals surface area contributed by atoms with Crippen molar-refractivity contribution in [2.45, 2.75) is 52.0 Å². The molecule has 1 atom stereocenters. The maximum atomic E-state index is 3.68. The standard InChI is InChI=1S/C14H28N2/c1-12(2)14-11-16(9-4-8-15-14)10-7-13-5-3-6-13/h12-15H,3-11H2,1-2H3. The summed E-state index contributed by atoms with van der Waals surface area (Å²) in [4.78, 5) is 2.70. The first-order valence-corrected chi connectivity index (χ1v) is 7.21. The van der Waals surface area contributed by atoms with E-state index < -0.39 is 0 Å². The quantitative estimate of drug-likeness (QED) is 0.789. The van der Waals surface area contributed by atoms with E-state index in [0.29, 0.717) is 6.04 Å². The number of nitrogens with one attached hydrogen (secondary N) is 1. The molecule has 16 heavy (non-hydrogen) atoms. The van der Waals surface area contributed by atoms with E-state index >= 15 is 0 Å². The minimum absolute atomic E-state index is 0.712. The van der Waals surface area contributed by atoms with E-state index in [2.05, 4.69) is 24.1 Å². The lowest BCUT2D eigenvalue weighted by atomic mass is 9.83. The van der Waals surface area contributed by atoms with Crippen LogP contribution in [0.25, 0.3) is 0 Å². The summed E-state index contributed by atoms with van der Waals surface area (Å²) in [5.41, 5.74) is 0. The van der Waals surface area contributed by atoms with Crippen LogP contribution in [-0.2, 0) is 0 Å². The third kappa shape index (κ3) is 3.46. The molecule has 1 aliphatic carbocycles. The molecule has 2 rings (SSSR count). The summed E-state index contributed by atoms with van der Waals surface area (Å²) in [6, 6.07) is 0.712. The van der Waals surface area contributed by atoms with Crippen LogP contribution in [-0.4, -0.2) is 37.1 Å². The van der Waals surface area contributed by atoms with Gasteiger partial charge in [0.15, 0.2) is 0 Å². The van der Waals surface area contributed by atoms with E-state index in [1.165, 1.54) is 58.3 Å². The average Bonchev–Trinajstić information content (AvgIpc) is 2.41.